The van der Waals surface area contributed by atoms with Crippen molar-refractivity contribution in [2.24, 2.45) is 0 Å². The van der Waals surface area contributed by atoms with Crippen molar-refractivity contribution >= 4 is 0 Å². The molecule has 0 spiro atoms. The third-order valence-corrected chi connectivity index (χ3v) is 2.21. The summed E-state index contributed by atoms with van der Waals surface area (Å²) in [6.45, 7) is 3.21. The van der Waals surface area contributed by atoms with Gasteiger partial charge in [0.1, 0.15) is 17.7 Å². The van der Waals surface area contributed by atoms with Gasteiger partial charge in [0.25, 0.3) is 0 Å². The van der Waals surface area contributed by atoms with Crippen molar-refractivity contribution in [1.82, 2.24) is 4.90 Å². The minimum Gasteiger partial charge on any atom is -0.380 e. The number of unbranched alkanes of at least 4 members (excludes halogenated alkanes) is 3. The standard InChI is InChI=1S/C13H19N3/c1-3-4-5-6-9-16(2)10-7-8-13(11-14)12-15/h7-8,10H,3-6,9H2,1-2H3. The van der Waals surface area contributed by atoms with Crippen molar-refractivity contribution in [1.29, 1.82) is 10.5 Å². The molecule has 0 rings (SSSR count). The topological polar surface area (TPSA) is 50.8 Å². The van der Waals surface area contributed by atoms with Crippen LogP contribution in [-0.2, 0) is 0 Å². The first-order chi connectivity index (χ1) is 7.74. The zero-order valence-electron chi connectivity index (χ0n) is 10.1. The van der Waals surface area contributed by atoms with Gasteiger partial charge in [-0.15, -0.1) is 0 Å². The summed E-state index contributed by atoms with van der Waals surface area (Å²) in [5.41, 5.74) is 0.135. The molecule has 0 heterocycles. The SMILES string of the molecule is CCCCCCN(C)C=CC=C(C#N)C#N. The molecule has 86 valence electrons. The predicted octanol–water partition coefficient (Wildman–Crippen LogP) is 2.99. The van der Waals surface area contributed by atoms with E-state index in [-0.39, 0.29) is 5.57 Å². The number of allylic oxidation sites excluding steroid dienone is 3. The van der Waals surface area contributed by atoms with Crippen molar-refractivity contribution in [3.63, 3.8) is 0 Å². The van der Waals surface area contributed by atoms with Crippen molar-refractivity contribution < 1.29 is 0 Å². The molecule has 0 aromatic rings. The number of hydrogen-bond acceptors (Lipinski definition) is 3. The van der Waals surface area contributed by atoms with E-state index in [1.807, 2.05) is 25.4 Å². The summed E-state index contributed by atoms with van der Waals surface area (Å²) in [5, 5.41) is 17.0. The second kappa shape index (κ2) is 9.80. The molecule has 0 N–H and O–H groups in total. The summed E-state index contributed by atoms with van der Waals surface area (Å²) in [5.74, 6) is 0. The molecule has 3 heteroatoms. The summed E-state index contributed by atoms with van der Waals surface area (Å²) in [4.78, 5) is 2.07. The molecule has 3 nitrogen and oxygen atoms in total. The van der Waals surface area contributed by atoms with E-state index in [0.29, 0.717) is 0 Å². The van der Waals surface area contributed by atoms with Crippen LogP contribution >= 0.6 is 0 Å². The normalized spacial score (nSPS) is 9.50. The number of hydrogen-bond donors (Lipinski definition) is 0. The van der Waals surface area contributed by atoms with Crippen LogP contribution < -0.4 is 0 Å². The van der Waals surface area contributed by atoms with Gasteiger partial charge in [-0.2, -0.15) is 10.5 Å². The van der Waals surface area contributed by atoms with Gasteiger partial charge in [0.2, 0.25) is 0 Å². The summed E-state index contributed by atoms with van der Waals surface area (Å²) < 4.78 is 0. The number of nitrogens with zero attached hydrogens (tertiary/aromatic N) is 3. The molecule has 0 aliphatic rings. The van der Waals surface area contributed by atoms with E-state index in [0.717, 1.165) is 6.54 Å². The first kappa shape index (κ1) is 14.3. The molecule has 16 heavy (non-hydrogen) atoms. The molecule has 0 amide bonds. The number of rotatable bonds is 7. The highest BCUT2D eigenvalue weighted by atomic mass is 15.1. The summed E-state index contributed by atoms with van der Waals surface area (Å²) in [7, 11) is 1.99. The van der Waals surface area contributed by atoms with Crippen LogP contribution in [0.5, 0.6) is 0 Å². The minimum atomic E-state index is 0.135. The van der Waals surface area contributed by atoms with Gasteiger partial charge in [0.15, 0.2) is 0 Å². The molecule has 0 aliphatic carbocycles. The van der Waals surface area contributed by atoms with E-state index < -0.39 is 0 Å². The Balaban J connectivity index is 3.84. The van der Waals surface area contributed by atoms with Crippen LogP contribution in [0, 0.1) is 22.7 Å². The maximum Gasteiger partial charge on any atom is 0.129 e. The third kappa shape index (κ3) is 7.64. The average Bonchev–Trinajstić information content (AvgIpc) is 2.30. The lowest BCUT2D eigenvalue weighted by molar-refractivity contribution is 0.432. The second-order valence-corrected chi connectivity index (χ2v) is 3.69. The fourth-order valence-electron chi connectivity index (χ4n) is 1.25. The maximum absolute atomic E-state index is 8.50. The Kier molecular flexibility index (Phi) is 8.74. The molecule has 0 unspecified atom stereocenters. The molecule has 0 aliphatic heterocycles. The molecular formula is C13H19N3. The van der Waals surface area contributed by atoms with Crippen molar-refractivity contribution in [3.05, 3.63) is 23.9 Å². The van der Waals surface area contributed by atoms with E-state index >= 15 is 0 Å². The Bertz CT molecular complexity index is 299. The molecule has 0 saturated carbocycles. The molecule has 0 atom stereocenters. The lowest BCUT2D eigenvalue weighted by Crippen LogP contribution is -2.11. The van der Waals surface area contributed by atoms with Gasteiger partial charge in [-0.25, -0.2) is 0 Å². The second-order valence-electron chi connectivity index (χ2n) is 3.69. The molecule has 0 fully saturated rings. The van der Waals surface area contributed by atoms with Gasteiger partial charge in [-0.05, 0) is 24.8 Å². The van der Waals surface area contributed by atoms with Gasteiger partial charge in [-0.1, -0.05) is 26.2 Å². The lowest BCUT2D eigenvalue weighted by Gasteiger charge is -2.12. The molecule has 0 radical (unpaired) electrons. The van der Waals surface area contributed by atoms with Crippen LogP contribution in [0.1, 0.15) is 32.6 Å². The molecular weight excluding hydrogens is 198 g/mol. The van der Waals surface area contributed by atoms with Crippen LogP contribution in [0.15, 0.2) is 23.9 Å². The van der Waals surface area contributed by atoms with Gasteiger partial charge < -0.3 is 4.90 Å². The van der Waals surface area contributed by atoms with E-state index in [1.54, 1.807) is 6.08 Å². The van der Waals surface area contributed by atoms with Crippen LogP contribution in [0.4, 0.5) is 0 Å². The summed E-state index contributed by atoms with van der Waals surface area (Å²) in [6, 6.07) is 3.63. The fourth-order valence-corrected chi connectivity index (χ4v) is 1.25. The first-order valence-corrected chi connectivity index (χ1v) is 5.63. The quantitative estimate of drug-likeness (QED) is 0.374. The minimum absolute atomic E-state index is 0.135. The van der Waals surface area contributed by atoms with E-state index in [1.165, 1.54) is 31.8 Å². The van der Waals surface area contributed by atoms with E-state index in [9.17, 15) is 0 Å². The predicted molar refractivity (Wildman–Crippen MR) is 65.2 cm³/mol. The van der Waals surface area contributed by atoms with Crippen LogP contribution in [-0.4, -0.2) is 18.5 Å². The highest BCUT2D eigenvalue weighted by molar-refractivity contribution is 5.37. The van der Waals surface area contributed by atoms with Crippen LogP contribution in [0.3, 0.4) is 0 Å². The Labute approximate surface area is 98.3 Å². The highest BCUT2D eigenvalue weighted by Gasteiger charge is 1.91. The molecule has 0 bridgehead atoms. The van der Waals surface area contributed by atoms with Gasteiger partial charge in [0, 0.05) is 13.6 Å². The van der Waals surface area contributed by atoms with Crippen molar-refractivity contribution in [3.8, 4) is 12.1 Å². The van der Waals surface area contributed by atoms with Crippen LogP contribution in [0.25, 0.3) is 0 Å². The molecule has 0 aromatic carbocycles. The van der Waals surface area contributed by atoms with Gasteiger partial charge in [-0.3, -0.25) is 0 Å². The monoisotopic (exact) mass is 217 g/mol. The summed E-state index contributed by atoms with van der Waals surface area (Å²) in [6.07, 6.45) is 10.1. The summed E-state index contributed by atoms with van der Waals surface area (Å²) >= 11 is 0. The smallest absolute Gasteiger partial charge is 0.129 e. The number of nitriles is 2. The largest absolute Gasteiger partial charge is 0.380 e. The Morgan fingerprint density at radius 2 is 1.88 bits per heavy atom. The fraction of sp³-hybridized carbons (Fsp3) is 0.538. The zero-order chi connectivity index (χ0) is 12.2. The molecule has 0 saturated heterocycles. The zero-order valence-corrected chi connectivity index (χ0v) is 10.1. The van der Waals surface area contributed by atoms with Gasteiger partial charge >= 0.3 is 0 Å². The lowest BCUT2D eigenvalue weighted by atomic mass is 10.2. The van der Waals surface area contributed by atoms with Crippen molar-refractivity contribution in [2.45, 2.75) is 32.6 Å². The maximum atomic E-state index is 8.50. The van der Waals surface area contributed by atoms with E-state index in [4.69, 9.17) is 10.5 Å². The van der Waals surface area contributed by atoms with Crippen LogP contribution in [0.2, 0.25) is 0 Å². The average molecular weight is 217 g/mol. The highest BCUT2D eigenvalue weighted by Crippen LogP contribution is 2.00. The molecule has 0 aromatic heterocycles. The Hall–Kier alpha value is -1.74. The van der Waals surface area contributed by atoms with E-state index in [2.05, 4.69) is 11.8 Å². The Morgan fingerprint density at radius 3 is 2.44 bits per heavy atom. The first-order valence-electron chi connectivity index (χ1n) is 5.63. The third-order valence-electron chi connectivity index (χ3n) is 2.21. The van der Waals surface area contributed by atoms with Gasteiger partial charge in [0.05, 0.1) is 0 Å². The van der Waals surface area contributed by atoms with Crippen molar-refractivity contribution in [2.75, 3.05) is 13.6 Å². The Morgan fingerprint density at radius 1 is 1.19 bits per heavy atom.